The minimum atomic E-state index is -0.0394. The summed E-state index contributed by atoms with van der Waals surface area (Å²) in [6, 6.07) is 3.71. The van der Waals surface area contributed by atoms with Crippen molar-refractivity contribution in [2.45, 2.75) is 19.9 Å². The van der Waals surface area contributed by atoms with Gasteiger partial charge in [0.2, 0.25) is 0 Å². The normalized spacial score (nSPS) is 12.5. The molecule has 0 aromatic carbocycles. The minimum Gasteiger partial charge on any atom is -0.490 e. The van der Waals surface area contributed by atoms with E-state index in [-0.39, 0.29) is 6.04 Å². The molecule has 0 bridgehead atoms. The van der Waals surface area contributed by atoms with Gasteiger partial charge >= 0.3 is 0 Å². The SMILES string of the molecule is CCOCCOc1ccc([C@H](C)N)nc1. The Labute approximate surface area is 90.4 Å². The van der Waals surface area contributed by atoms with Crippen LogP contribution in [0.15, 0.2) is 18.3 Å². The van der Waals surface area contributed by atoms with Crippen LogP contribution in [0.3, 0.4) is 0 Å². The van der Waals surface area contributed by atoms with E-state index in [1.165, 1.54) is 0 Å². The molecule has 0 saturated carbocycles. The van der Waals surface area contributed by atoms with Gasteiger partial charge in [-0.2, -0.15) is 0 Å². The lowest BCUT2D eigenvalue weighted by Crippen LogP contribution is -2.08. The fourth-order valence-corrected chi connectivity index (χ4v) is 1.11. The molecule has 0 aliphatic heterocycles. The van der Waals surface area contributed by atoms with Crippen LogP contribution < -0.4 is 10.5 Å². The first-order valence-electron chi connectivity index (χ1n) is 5.16. The van der Waals surface area contributed by atoms with Crippen LogP contribution in [0.5, 0.6) is 5.75 Å². The zero-order chi connectivity index (χ0) is 11.1. The monoisotopic (exact) mass is 210 g/mol. The number of hydrogen-bond acceptors (Lipinski definition) is 4. The summed E-state index contributed by atoms with van der Waals surface area (Å²) >= 11 is 0. The Kier molecular flexibility index (Phi) is 5.07. The van der Waals surface area contributed by atoms with Crippen molar-refractivity contribution < 1.29 is 9.47 Å². The fraction of sp³-hybridized carbons (Fsp3) is 0.545. The van der Waals surface area contributed by atoms with Gasteiger partial charge in [0.1, 0.15) is 12.4 Å². The zero-order valence-corrected chi connectivity index (χ0v) is 9.27. The highest BCUT2D eigenvalue weighted by Crippen LogP contribution is 2.12. The summed E-state index contributed by atoms with van der Waals surface area (Å²) in [5.74, 6) is 0.749. The van der Waals surface area contributed by atoms with E-state index in [1.807, 2.05) is 26.0 Å². The van der Waals surface area contributed by atoms with Crippen LogP contribution in [0.2, 0.25) is 0 Å². The molecule has 15 heavy (non-hydrogen) atoms. The standard InChI is InChI=1S/C11H18N2O2/c1-3-14-6-7-15-10-4-5-11(9(2)12)13-8-10/h4-5,8-9H,3,6-7,12H2,1-2H3/t9-/m0/s1. The van der Waals surface area contributed by atoms with Crippen LogP contribution in [-0.2, 0) is 4.74 Å². The maximum absolute atomic E-state index is 5.68. The average molecular weight is 210 g/mol. The molecule has 2 N–H and O–H groups in total. The minimum absolute atomic E-state index is 0.0394. The molecule has 0 saturated heterocycles. The summed E-state index contributed by atoms with van der Waals surface area (Å²) in [4.78, 5) is 4.19. The quantitative estimate of drug-likeness (QED) is 0.723. The van der Waals surface area contributed by atoms with E-state index in [9.17, 15) is 0 Å². The Balaban J connectivity index is 2.36. The van der Waals surface area contributed by atoms with Crippen molar-refractivity contribution in [3.8, 4) is 5.75 Å². The Hall–Kier alpha value is -1.13. The Morgan fingerprint density at radius 3 is 2.73 bits per heavy atom. The Bertz CT molecular complexity index is 272. The molecule has 0 amide bonds. The van der Waals surface area contributed by atoms with E-state index in [4.69, 9.17) is 15.2 Å². The van der Waals surface area contributed by atoms with E-state index in [1.54, 1.807) is 6.20 Å². The zero-order valence-electron chi connectivity index (χ0n) is 9.27. The third-order valence-corrected chi connectivity index (χ3v) is 1.93. The molecule has 1 atom stereocenters. The van der Waals surface area contributed by atoms with Gasteiger partial charge in [0, 0.05) is 12.6 Å². The van der Waals surface area contributed by atoms with Crippen molar-refractivity contribution in [2.75, 3.05) is 19.8 Å². The van der Waals surface area contributed by atoms with Crippen LogP contribution in [0, 0.1) is 0 Å². The van der Waals surface area contributed by atoms with Crippen LogP contribution in [0.25, 0.3) is 0 Å². The van der Waals surface area contributed by atoms with Gasteiger partial charge in [0.25, 0.3) is 0 Å². The maximum Gasteiger partial charge on any atom is 0.137 e. The lowest BCUT2D eigenvalue weighted by Gasteiger charge is -2.07. The summed E-state index contributed by atoms with van der Waals surface area (Å²) in [7, 11) is 0. The van der Waals surface area contributed by atoms with Gasteiger partial charge in [-0.3, -0.25) is 4.98 Å². The van der Waals surface area contributed by atoms with Crippen LogP contribution in [0.4, 0.5) is 0 Å². The highest BCUT2D eigenvalue weighted by molar-refractivity contribution is 5.21. The first-order valence-corrected chi connectivity index (χ1v) is 5.16. The van der Waals surface area contributed by atoms with E-state index < -0.39 is 0 Å². The number of rotatable bonds is 6. The van der Waals surface area contributed by atoms with Gasteiger partial charge in [-0.25, -0.2) is 0 Å². The second-order valence-electron chi connectivity index (χ2n) is 3.25. The van der Waals surface area contributed by atoms with E-state index in [2.05, 4.69) is 4.98 Å². The van der Waals surface area contributed by atoms with E-state index >= 15 is 0 Å². The number of ether oxygens (including phenoxy) is 2. The molecule has 1 heterocycles. The van der Waals surface area contributed by atoms with Gasteiger partial charge in [0.05, 0.1) is 18.5 Å². The molecule has 1 rings (SSSR count). The number of pyridine rings is 1. The first kappa shape index (κ1) is 11.9. The van der Waals surface area contributed by atoms with Crippen molar-refractivity contribution in [1.29, 1.82) is 0 Å². The van der Waals surface area contributed by atoms with Crippen molar-refractivity contribution in [1.82, 2.24) is 4.98 Å². The van der Waals surface area contributed by atoms with E-state index in [0.29, 0.717) is 19.8 Å². The maximum atomic E-state index is 5.68. The molecule has 0 aliphatic rings. The highest BCUT2D eigenvalue weighted by atomic mass is 16.5. The molecule has 0 aliphatic carbocycles. The van der Waals surface area contributed by atoms with Crippen molar-refractivity contribution in [3.05, 3.63) is 24.0 Å². The molecule has 0 unspecified atom stereocenters. The molecule has 4 heteroatoms. The number of hydrogen-bond donors (Lipinski definition) is 1. The van der Waals surface area contributed by atoms with Crippen molar-refractivity contribution >= 4 is 0 Å². The highest BCUT2D eigenvalue weighted by Gasteiger charge is 2.00. The largest absolute Gasteiger partial charge is 0.490 e. The molecule has 84 valence electrons. The summed E-state index contributed by atoms with van der Waals surface area (Å²) < 4.78 is 10.6. The molecular formula is C11H18N2O2. The third-order valence-electron chi connectivity index (χ3n) is 1.93. The Morgan fingerprint density at radius 2 is 2.20 bits per heavy atom. The van der Waals surface area contributed by atoms with E-state index in [0.717, 1.165) is 11.4 Å². The summed E-state index contributed by atoms with van der Waals surface area (Å²) in [5, 5.41) is 0. The van der Waals surface area contributed by atoms with Crippen LogP contribution >= 0.6 is 0 Å². The van der Waals surface area contributed by atoms with Gasteiger partial charge in [-0.1, -0.05) is 0 Å². The van der Waals surface area contributed by atoms with Gasteiger partial charge in [-0.15, -0.1) is 0 Å². The summed E-state index contributed by atoms with van der Waals surface area (Å²) in [5.41, 5.74) is 6.55. The van der Waals surface area contributed by atoms with Crippen molar-refractivity contribution in [2.24, 2.45) is 5.73 Å². The van der Waals surface area contributed by atoms with Gasteiger partial charge < -0.3 is 15.2 Å². The van der Waals surface area contributed by atoms with Gasteiger partial charge in [0.15, 0.2) is 0 Å². The Morgan fingerprint density at radius 1 is 1.40 bits per heavy atom. The number of nitrogens with zero attached hydrogens (tertiary/aromatic N) is 1. The third kappa shape index (κ3) is 4.27. The van der Waals surface area contributed by atoms with Crippen LogP contribution in [-0.4, -0.2) is 24.8 Å². The lowest BCUT2D eigenvalue weighted by atomic mass is 10.2. The second kappa shape index (κ2) is 6.37. The average Bonchev–Trinajstić information content (AvgIpc) is 2.25. The summed E-state index contributed by atoms with van der Waals surface area (Å²) in [6.45, 7) is 5.72. The molecule has 1 aromatic heterocycles. The molecule has 0 radical (unpaired) electrons. The van der Waals surface area contributed by atoms with Crippen molar-refractivity contribution in [3.63, 3.8) is 0 Å². The summed E-state index contributed by atoms with van der Waals surface area (Å²) in [6.07, 6.45) is 1.69. The molecule has 1 aromatic rings. The predicted molar refractivity (Wildman–Crippen MR) is 58.8 cm³/mol. The molecule has 4 nitrogen and oxygen atoms in total. The molecule has 0 fully saturated rings. The topological polar surface area (TPSA) is 57.4 Å². The number of aromatic nitrogens is 1. The fourth-order valence-electron chi connectivity index (χ4n) is 1.11. The van der Waals surface area contributed by atoms with Gasteiger partial charge in [-0.05, 0) is 26.0 Å². The second-order valence-corrected chi connectivity index (χ2v) is 3.25. The smallest absolute Gasteiger partial charge is 0.137 e. The van der Waals surface area contributed by atoms with Crippen LogP contribution in [0.1, 0.15) is 25.6 Å². The lowest BCUT2D eigenvalue weighted by molar-refractivity contribution is 0.110. The predicted octanol–water partition coefficient (Wildman–Crippen LogP) is 1.52. The number of nitrogens with two attached hydrogens (primary N) is 1. The molecular weight excluding hydrogens is 192 g/mol. The molecule has 0 spiro atoms. The first-order chi connectivity index (χ1) is 7.24.